The molecule has 0 aliphatic rings. The Morgan fingerprint density at radius 1 is 1.44 bits per heavy atom. The van der Waals surface area contributed by atoms with Gasteiger partial charge in [-0.1, -0.05) is 0 Å². The number of carbonyl (C=O) groups excluding carboxylic acids is 1. The van der Waals surface area contributed by atoms with E-state index >= 15 is 0 Å². The number of aliphatic carboxylic acids is 1. The van der Waals surface area contributed by atoms with Crippen molar-refractivity contribution in [3.8, 4) is 0 Å². The molecule has 0 aliphatic heterocycles. The summed E-state index contributed by atoms with van der Waals surface area (Å²) < 4.78 is 12.8. The summed E-state index contributed by atoms with van der Waals surface area (Å²) in [5.74, 6) is -1.59. The molecule has 0 fully saturated rings. The lowest BCUT2D eigenvalue weighted by molar-refractivity contribution is -0.146. The summed E-state index contributed by atoms with van der Waals surface area (Å²) in [4.78, 5) is 25.8. The highest BCUT2D eigenvalue weighted by molar-refractivity contribution is 5.89. The van der Waals surface area contributed by atoms with Crippen LogP contribution < -0.4 is 10.6 Å². The van der Waals surface area contributed by atoms with E-state index in [1.807, 2.05) is 0 Å². The molecular weight excluding hydrogens is 241 g/mol. The third-order valence-electron chi connectivity index (χ3n) is 2.23. The maximum absolute atomic E-state index is 12.8. The van der Waals surface area contributed by atoms with E-state index in [2.05, 4.69) is 15.6 Å². The molecule has 1 aromatic rings. The van der Waals surface area contributed by atoms with Crippen molar-refractivity contribution in [3.05, 3.63) is 24.3 Å². The molecule has 0 spiro atoms. The lowest BCUT2D eigenvalue weighted by atomic mass is 9.94. The molecule has 0 atom stereocenters. The van der Waals surface area contributed by atoms with Gasteiger partial charge in [0, 0.05) is 12.6 Å². The summed E-state index contributed by atoms with van der Waals surface area (Å²) >= 11 is 0. The Bertz CT molecular complexity index is 463. The molecule has 0 unspecified atom stereocenters. The first kappa shape index (κ1) is 13.9. The van der Waals surface area contributed by atoms with Crippen LogP contribution in [0, 0.1) is 11.2 Å². The van der Waals surface area contributed by atoms with Crippen molar-refractivity contribution in [2.24, 2.45) is 5.41 Å². The minimum atomic E-state index is -1.07. The lowest BCUT2D eigenvalue weighted by Crippen LogP contribution is -2.40. The van der Waals surface area contributed by atoms with Crippen LogP contribution in [0.1, 0.15) is 13.8 Å². The Morgan fingerprint density at radius 3 is 2.67 bits per heavy atom. The number of nitrogens with one attached hydrogen (secondary N) is 2. The van der Waals surface area contributed by atoms with E-state index in [0.29, 0.717) is 0 Å². The normalized spacial score (nSPS) is 10.8. The first-order chi connectivity index (χ1) is 8.31. The van der Waals surface area contributed by atoms with Crippen LogP contribution in [0.2, 0.25) is 0 Å². The van der Waals surface area contributed by atoms with E-state index in [1.54, 1.807) is 0 Å². The minimum Gasteiger partial charge on any atom is -0.481 e. The standard InChI is InChI=1S/C11H14FN3O3/c1-11(2,9(16)17)6-14-10(18)15-8-3-7(12)4-13-5-8/h3-5H,6H2,1-2H3,(H,16,17)(H2,14,15,18). The topological polar surface area (TPSA) is 91.3 Å². The highest BCUT2D eigenvalue weighted by Gasteiger charge is 2.27. The van der Waals surface area contributed by atoms with Crippen molar-refractivity contribution < 1.29 is 19.1 Å². The van der Waals surface area contributed by atoms with Gasteiger partial charge in [0.15, 0.2) is 0 Å². The van der Waals surface area contributed by atoms with Crippen molar-refractivity contribution in [3.63, 3.8) is 0 Å². The quantitative estimate of drug-likeness (QED) is 0.759. The Morgan fingerprint density at radius 2 is 2.11 bits per heavy atom. The first-order valence-electron chi connectivity index (χ1n) is 5.20. The summed E-state index contributed by atoms with van der Waals surface area (Å²) in [5, 5.41) is 13.6. The smallest absolute Gasteiger partial charge is 0.319 e. The number of urea groups is 1. The van der Waals surface area contributed by atoms with Crippen molar-refractivity contribution in [2.45, 2.75) is 13.8 Å². The fourth-order valence-corrected chi connectivity index (χ4v) is 1.03. The maximum atomic E-state index is 12.8. The minimum absolute atomic E-state index is 0.0447. The van der Waals surface area contributed by atoms with Gasteiger partial charge in [-0.25, -0.2) is 9.18 Å². The average molecular weight is 255 g/mol. The fraction of sp³-hybridized carbons (Fsp3) is 0.364. The molecule has 18 heavy (non-hydrogen) atoms. The number of pyridine rings is 1. The Kier molecular flexibility index (Phi) is 4.19. The summed E-state index contributed by atoms with van der Waals surface area (Å²) in [6.07, 6.45) is 2.29. The highest BCUT2D eigenvalue weighted by Crippen LogP contribution is 2.13. The zero-order valence-corrected chi connectivity index (χ0v) is 10.0. The average Bonchev–Trinajstić information content (AvgIpc) is 2.26. The van der Waals surface area contributed by atoms with Crippen molar-refractivity contribution in [1.82, 2.24) is 10.3 Å². The van der Waals surface area contributed by atoms with Crippen LogP contribution in [-0.2, 0) is 4.79 Å². The Labute approximate surface area is 103 Å². The molecule has 7 heteroatoms. The van der Waals surface area contributed by atoms with E-state index in [1.165, 1.54) is 20.0 Å². The molecule has 0 radical (unpaired) electrons. The summed E-state index contributed by atoms with van der Waals surface area (Å²) in [5.41, 5.74) is -0.877. The number of anilines is 1. The highest BCUT2D eigenvalue weighted by atomic mass is 19.1. The van der Waals surface area contributed by atoms with E-state index in [4.69, 9.17) is 5.11 Å². The van der Waals surface area contributed by atoms with Crippen LogP contribution in [-0.4, -0.2) is 28.6 Å². The van der Waals surface area contributed by atoms with Gasteiger partial charge >= 0.3 is 12.0 Å². The molecule has 1 heterocycles. The van der Waals surface area contributed by atoms with Gasteiger partial charge in [-0.15, -0.1) is 0 Å². The van der Waals surface area contributed by atoms with E-state index in [9.17, 15) is 14.0 Å². The van der Waals surface area contributed by atoms with Crippen molar-refractivity contribution in [2.75, 3.05) is 11.9 Å². The Hall–Kier alpha value is -2.18. The molecular formula is C11H14FN3O3. The van der Waals surface area contributed by atoms with Gasteiger partial charge in [-0.2, -0.15) is 0 Å². The first-order valence-corrected chi connectivity index (χ1v) is 5.20. The summed E-state index contributed by atoms with van der Waals surface area (Å²) in [7, 11) is 0. The third-order valence-corrected chi connectivity index (χ3v) is 2.23. The predicted octanol–water partition coefficient (Wildman–Crippen LogP) is 1.45. The van der Waals surface area contributed by atoms with Crippen LogP contribution in [0.15, 0.2) is 18.5 Å². The number of halogens is 1. The largest absolute Gasteiger partial charge is 0.481 e. The second-order valence-corrected chi connectivity index (χ2v) is 4.39. The number of carboxylic acids is 1. The third kappa shape index (κ3) is 4.00. The number of aromatic nitrogens is 1. The van der Waals surface area contributed by atoms with Gasteiger partial charge in [-0.3, -0.25) is 9.78 Å². The molecule has 1 rings (SSSR count). The van der Waals surface area contributed by atoms with Gasteiger partial charge in [0.05, 0.1) is 23.5 Å². The molecule has 0 saturated heterocycles. The zero-order valence-electron chi connectivity index (χ0n) is 10.0. The van der Waals surface area contributed by atoms with Crippen LogP contribution >= 0.6 is 0 Å². The van der Waals surface area contributed by atoms with Crippen LogP contribution in [0.4, 0.5) is 14.9 Å². The molecule has 1 aromatic heterocycles. The number of rotatable bonds is 4. The van der Waals surface area contributed by atoms with E-state index < -0.39 is 23.2 Å². The predicted molar refractivity (Wildman–Crippen MR) is 62.6 cm³/mol. The van der Waals surface area contributed by atoms with Crippen molar-refractivity contribution >= 4 is 17.7 Å². The molecule has 3 N–H and O–H groups in total. The molecule has 0 saturated carbocycles. The molecule has 98 valence electrons. The van der Waals surface area contributed by atoms with Gasteiger partial charge in [0.1, 0.15) is 5.82 Å². The van der Waals surface area contributed by atoms with E-state index in [0.717, 1.165) is 12.3 Å². The number of hydrogen-bond donors (Lipinski definition) is 3. The Balaban J connectivity index is 2.50. The molecule has 0 aliphatic carbocycles. The summed E-state index contributed by atoms with van der Waals surface area (Å²) in [6, 6.07) is 0.492. The molecule has 2 amide bonds. The molecule has 0 bridgehead atoms. The fourth-order valence-electron chi connectivity index (χ4n) is 1.03. The van der Waals surface area contributed by atoms with E-state index in [-0.39, 0.29) is 12.2 Å². The SMILES string of the molecule is CC(C)(CNC(=O)Nc1cncc(F)c1)C(=O)O. The van der Waals surface area contributed by atoms with Gasteiger partial charge in [0.2, 0.25) is 0 Å². The number of hydrogen-bond acceptors (Lipinski definition) is 3. The van der Waals surface area contributed by atoms with Gasteiger partial charge in [0.25, 0.3) is 0 Å². The van der Waals surface area contributed by atoms with Crippen LogP contribution in [0.3, 0.4) is 0 Å². The number of amides is 2. The number of carboxylic acid groups (broad SMARTS) is 1. The second kappa shape index (κ2) is 5.44. The number of carbonyl (C=O) groups is 2. The number of nitrogens with zero attached hydrogens (tertiary/aromatic N) is 1. The van der Waals surface area contributed by atoms with Crippen LogP contribution in [0.5, 0.6) is 0 Å². The monoisotopic (exact) mass is 255 g/mol. The van der Waals surface area contributed by atoms with Gasteiger partial charge in [-0.05, 0) is 13.8 Å². The summed E-state index contributed by atoms with van der Waals surface area (Å²) in [6.45, 7) is 2.93. The lowest BCUT2D eigenvalue weighted by Gasteiger charge is -2.19. The van der Waals surface area contributed by atoms with Crippen LogP contribution in [0.25, 0.3) is 0 Å². The molecule has 0 aromatic carbocycles. The second-order valence-electron chi connectivity index (χ2n) is 4.39. The molecule has 6 nitrogen and oxygen atoms in total. The van der Waals surface area contributed by atoms with Gasteiger partial charge < -0.3 is 15.7 Å². The maximum Gasteiger partial charge on any atom is 0.319 e. The zero-order chi connectivity index (χ0) is 13.8. The van der Waals surface area contributed by atoms with Crippen molar-refractivity contribution in [1.29, 1.82) is 0 Å².